The lowest BCUT2D eigenvalue weighted by Crippen LogP contribution is -2.34. The van der Waals surface area contributed by atoms with E-state index in [4.69, 9.17) is 24.1 Å². The van der Waals surface area contributed by atoms with Gasteiger partial charge in [0.15, 0.2) is 12.1 Å². The number of hydrogen-bond donors (Lipinski definition) is 1. The molecule has 5 nitrogen and oxygen atoms in total. The molecule has 15 heavy (non-hydrogen) atoms. The molecule has 0 aromatic heterocycles. The maximum Gasteiger partial charge on any atom is 0.188 e. The van der Waals surface area contributed by atoms with E-state index in [1.54, 1.807) is 7.11 Å². The highest BCUT2D eigenvalue weighted by atomic mass is 16.8. The standard InChI is InChI=1S/C10H18O5/c1-10(2)14-8-6(5-12-3)7(4-11)13-9(8)15-10/h6-9,11H,4-5H2,1-3H3/t6-,7-,8-,9-/m1/s1. The van der Waals surface area contributed by atoms with E-state index in [1.807, 2.05) is 13.8 Å². The third kappa shape index (κ3) is 2.03. The SMILES string of the molecule is COC[C@H]1[C@H]2OC(C)(C)O[C@H]2O[C@@H]1CO. The second-order valence-corrected chi connectivity index (χ2v) is 4.44. The molecule has 4 atom stereocenters. The molecule has 0 aromatic rings. The van der Waals surface area contributed by atoms with E-state index >= 15 is 0 Å². The average molecular weight is 218 g/mol. The molecule has 0 amide bonds. The zero-order chi connectivity index (χ0) is 11.1. The van der Waals surface area contributed by atoms with Crippen molar-refractivity contribution in [3.63, 3.8) is 0 Å². The topological polar surface area (TPSA) is 57.2 Å². The van der Waals surface area contributed by atoms with Gasteiger partial charge in [0.05, 0.1) is 19.3 Å². The number of aliphatic hydroxyl groups excluding tert-OH is 1. The fourth-order valence-electron chi connectivity index (χ4n) is 2.21. The molecule has 0 aliphatic carbocycles. The molecule has 2 fully saturated rings. The van der Waals surface area contributed by atoms with Crippen LogP contribution in [-0.2, 0) is 18.9 Å². The van der Waals surface area contributed by atoms with Crippen molar-refractivity contribution in [1.82, 2.24) is 0 Å². The second kappa shape index (κ2) is 3.99. The molecule has 1 N–H and O–H groups in total. The summed E-state index contributed by atoms with van der Waals surface area (Å²) < 4.78 is 22.0. The summed E-state index contributed by atoms with van der Waals surface area (Å²) in [5.41, 5.74) is 0. The van der Waals surface area contributed by atoms with E-state index in [2.05, 4.69) is 0 Å². The largest absolute Gasteiger partial charge is 0.394 e. The third-order valence-electron chi connectivity index (χ3n) is 2.84. The molecule has 0 unspecified atom stereocenters. The average Bonchev–Trinajstić information content (AvgIpc) is 2.60. The molecule has 0 saturated carbocycles. The molecule has 0 spiro atoms. The summed E-state index contributed by atoms with van der Waals surface area (Å²) in [6, 6.07) is 0. The van der Waals surface area contributed by atoms with Gasteiger partial charge < -0.3 is 24.1 Å². The first-order valence-electron chi connectivity index (χ1n) is 5.18. The quantitative estimate of drug-likeness (QED) is 0.729. The zero-order valence-corrected chi connectivity index (χ0v) is 9.30. The van der Waals surface area contributed by atoms with Gasteiger partial charge in [-0.05, 0) is 13.8 Å². The minimum Gasteiger partial charge on any atom is -0.394 e. The lowest BCUT2D eigenvalue weighted by Gasteiger charge is -2.24. The van der Waals surface area contributed by atoms with Crippen LogP contribution in [0.2, 0.25) is 0 Å². The first-order valence-corrected chi connectivity index (χ1v) is 5.18. The Bertz CT molecular complexity index is 230. The molecule has 2 rings (SSSR count). The van der Waals surface area contributed by atoms with Crippen molar-refractivity contribution in [3.8, 4) is 0 Å². The number of hydrogen-bond acceptors (Lipinski definition) is 5. The summed E-state index contributed by atoms with van der Waals surface area (Å²) in [6.07, 6.45) is -0.773. The van der Waals surface area contributed by atoms with Crippen LogP contribution in [0.3, 0.4) is 0 Å². The minimum atomic E-state index is -0.609. The molecular weight excluding hydrogens is 200 g/mol. The van der Waals surface area contributed by atoms with Gasteiger partial charge in [-0.1, -0.05) is 0 Å². The molecule has 2 aliphatic rings. The number of fused-ring (bicyclic) bond motifs is 1. The summed E-state index contributed by atoms with van der Waals surface area (Å²) in [6.45, 7) is 4.18. The van der Waals surface area contributed by atoms with E-state index < -0.39 is 5.79 Å². The summed E-state index contributed by atoms with van der Waals surface area (Å²) in [5, 5.41) is 9.16. The highest BCUT2D eigenvalue weighted by Gasteiger charge is 2.54. The Hall–Kier alpha value is -0.200. The van der Waals surface area contributed by atoms with E-state index in [-0.39, 0.29) is 31.0 Å². The molecule has 5 heteroatoms. The highest BCUT2D eigenvalue weighted by molar-refractivity contribution is 4.92. The molecule has 2 heterocycles. The Morgan fingerprint density at radius 1 is 1.33 bits per heavy atom. The number of ether oxygens (including phenoxy) is 4. The van der Waals surface area contributed by atoms with Gasteiger partial charge in [0.1, 0.15) is 6.10 Å². The van der Waals surface area contributed by atoms with Crippen molar-refractivity contribution < 1.29 is 24.1 Å². The molecule has 0 radical (unpaired) electrons. The van der Waals surface area contributed by atoms with Crippen LogP contribution in [0.4, 0.5) is 0 Å². The molecule has 0 aromatic carbocycles. The molecule has 88 valence electrons. The predicted molar refractivity (Wildman–Crippen MR) is 51.1 cm³/mol. The first-order chi connectivity index (χ1) is 7.07. The van der Waals surface area contributed by atoms with E-state index in [0.29, 0.717) is 6.61 Å². The van der Waals surface area contributed by atoms with Crippen LogP contribution in [-0.4, -0.2) is 49.7 Å². The summed E-state index contributed by atoms with van der Waals surface area (Å²) in [7, 11) is 1.63. The Morgan fingerprint density at radius 3 is 2.67 bits per heavy atom. The van der Waals surface area contributed by atoms with Crippen LogP contribution >= 0.6 is 0 Å². The van der Waals surface area contributed by atoms with E-state index in [1.165, 1.54) is 0 Å². The monoisotopic (exact) mass is 218 g/mol. The van der Waals surface area contributed by atoms with Crippen molar-refractivity contribution in [2.24, 2.45) is 5.92 Å². The number of rotatable bonds is 3. The number of aliphatic hydroxyl groups is 1. The smallest absolute Gasteiger partial charge is 0.188 e. The first kappa shape index (κ1) is 11.3. The maximum atomic E-state index is 9.16. The van der Waals surface area contributed by atoms with E-state index in [9.17, 15) is 0 Å². The molecule has 2 aliphatic heterocycles. The molecular formula is C10H18O5. The second-order valence-electron chi connectivity index (χ2n) is 4.44. The van der Waals surface area contributed by atoms with Crippen molar-refractivity contribution in [3.05, 3.63) is 0 Å². The summed E-state index contributed by atoms with van der Waals surface area (Å²) >= 11 is 0. The van der Waals surface area contributed by atoms with Crippen LogP contribution in [0.1, 0.15) is 13.8 Å². The van der Waals surface area contributed by atoms with Crippen LogP contribution in [0.25, 0.3) is 0 Å². The minimum absolute atomic E-state index is 0.0336. The summed E-state index contributed by atoms with van der Waals surface area (Å²) in [4.78, 5) is 0. The number of methoxy groups -OCH3 is 1. The van der Waals surface area contributed by atoms with Gasteiger partial charge >= 0.3 is 0 Å². The van der Waals surface area contributed by atoms with Crippen molar-refractivity contribution >= 4 is 0 Å². The Morgan fingerprint density at radius 2 is 2.07 bits per heavy atom. The predicted octanol–water partition coefficient (Wildman–Crippen LogP) is 0.118. The van der Waals surface area contributed by atoms with Crippen LogP contribution < -0.4 is 0 Å². The van der Waals surface area contributed by atoms with Crippen LogP contribution in [0.15, 0.2) is 0 Å². The Labute approximate surface area is 89.3 Å². The van der Waals surface area contributed by atoms with Gasteiger partial charge in [-0.3, -0.25) is 0 Å². The van der Waals surface area contributed by atoms with Gasteiger partial charge in [0.25, 0.3) is 0 Å². The zero-order valence-electron chi connectivity index (χ0n) is 9.30. The van der Waals surface area contributed by atoms with Crippen molar-refractivity contribution in [2.75, 3.05) is 20.3 Å². The van der Waals surface area contributed by atoms with Gasteiger partial charge in [-0.15, -0.1) is 0 Å². The van der Waals surface area contributed by atoms with Gasteiger partial charge in [0.2, 0.25) is 0 Å². The fourth-order valence-corrected chi connectivity index (χ4v) is 2.21. The van der Waals surface area contributed by atoms with E-state index in [0.717, 1.165) is 0 Å². The lowest BCUT2D eigenvalue weighted by atomic mass is 10.00. The Kier molecular flexibility index (Phi) is 3.00. The van der Waals surface area contributed by atoms with Gasteiger partial charge in [-0.25, -0.2) is 0 Å². The van der Waals surface area contributed by atoms with Gasteiger partial charge in [-0.2, -0.15) is 0 Å². The highest BCUT2D eigenvalue weighted by Crippen LogP contribution is 2.40. The molecule has 0 bridgehead atoms. The van der Waals surface area contributed by atoms with Crippen LogP contribution in [0.5, 0.6) is 0 Å². The third-order valence-corrected chi connectivity index (χ3v) is 2.84. The molecule has 2 saturated heterocycles. The Balaban J connectivity index is 2.07. The lowest BCUT2D eigenvalue weighted by molar-refractivity contribution is -0.215. The fraction of sp³-hybridized carbons (Fsp3) is 1.00. The normalized spacial score (nSPS) is 43.2. The van der Waals surface area contributed by atoms with Crippen LogP contribution in [0, 0.1) is 5.92 Å². The van der Waals surface area contributed by atoms with Crippen molar-refractivity contribution in [1.29, 1.82) is 0 Å². The maximum absolute atomic E-state index is 9.16. The van der Waals surface area contributed by atoms with Crippen molar-refractivity contribution in [2.45, 2.75) is 38.1 Å². The summed E-state index contributed by atoms with van der Waals surface area (Å²) in [5.74, 6) is -0.575. The van der Waals surface area contributed by atoms with Gasteiger partial charge in [0, 0.05) is 13.0 Å².